The van der Waals surface area contributed by atoms with Crippen LogP contribution in [0.2, 0.25) is 0 Å². The van der Waals surface area contributed by atoms with Crippen molar-refractivity contribution in [3.05, 3.63) is 0 Å². The Morgan fingerprint density at radius 1 is 1.29 bits per heavy atom. The molecule has 0 aliphatic rings. The fraction of sp³-hybridized carbons (Fsp3) is 0.900. The molecule has 0 fully saturated rings. The fourth-order valence-corrected chi connectivity index (χ4v) is 1.20. The minimum absolute atomic E-state index is 0. The number of Topliss-reactive ketones (excluding diaryl/α,β-unsaturated/α-hetero) is 1. The molecule has 0 radical (unpaired) electrons. The largest absolute Gasteiger partial charge is 0.330 e. The summed E-state index contributed by atoms with van der Waals surface area (Å²) in [6, 6.07) is -0.313. The smallest absolute Gasteiger partial charge is 0.154 e. The predicted octanol–water partition coefficient (Wildman–Crippen LogP) is 1.17. The third-order valence-corrected chi connectivity index (χ3v) is 2.05. The Morgan fingerprint density at radius 3 is 2.14 bits per heavy atom. The molecule has 1 atom stereocenters. The average Bonchev–Trinajstić information content (AvgIpc) is 2.01. The van der Waals surface area contributed by atoms with Crippen LogP contribution in [0.3, 0.4) is 0 Å². The van der Waals surface area contributed by atoms with E-state index in [0.717, 1.165) is 19.3 Å². The van der Waals surface area contributed by atoms with Crippen LogP contribution in [0.1, 0.15) is 40.0 Å². The van der Waals surface area contributed by atoms with E-state index in [9.17, 15) is 4.79 Å². The number of unbranched alkanes of at least 4 members (excludes halogenated alkanes) is 1. The average molecular weight is 220 g/mol. The number of carbonyl (C=O) groups excluding carboxylic acids is 1. The number of carbonyl (C=O) groups is 1. The zero-order chi connectivity index (χ0) is 10.5. The highest BCUT2D eigenvalue weighted by molar-refractivity contribution is 7.59. The summed E-state index contributed by atoms with van der Waals surface area (Å²) in [5, 5.41) is 0. The van der Waals surface area contributed by atoms with Crippen molar-refractivity contribution in [2.24, 2.45) is 16.9 Å². The molecular weight excluding hydrogens is 196 g/mol. The molecule has 0 unspecified atom stereocenters. The van der Waals surface area contributed by atoms with Gasteiger partial charge in [0.2, 0.25) is 0 Å². The van der Waals surface area contributed by atoms with Gasteiger partial charge in [0.15, 0.2) is 5.78 Å². The van der Waals surface area contributed by atoms with Crippen LogP contribution in [0.25, 0.3) is 0 Å². The Balaban J connectivity index is 0. The van der Waals surface area contributed by atoms with E-state index in [1.54, 1.807) is 0 Å². The van der Waals surface area contributed by atoms with Gasteiger partial charge in [-0.05, 0) is 19.4 Å². The van der Waals surface area contributed by atoms with Crippen molar-refractivity contribution >= 4 is 19.3 Å². The third kappa shape index (κ3) is 6.40. The number of hydrogen-bond donors (Lipinski definition) is 2. The number of nitrogens with two attached hydrogens (primary N) is 2. The second-order valence-electron chi connectivity index (χ2n) is 4.51. The Labute approximate surface area is 94.1 Å². The minimum atomic E-state index is -0.317. The topological polar surface area (TPSA) is 69.1 Å². The first kappa shape index (κ1) is 16.4. The summed E-state index contributed by atoms with van der Waals surface area (Å²) in [6.45, 7) is 6.38. The molecule has 86 valence electrons. The molecule has 3 nitrogen and oxygen atoms in total. The van der Waals surface area contributed by atoms with Gasteiger partial charge in [0.1, 0.15) is 0 Å². The van der Waals surface area contributed by atoms with Crippen LogP contribution in [0.5, 0.6) is 0 Å². The lowest BCUT2D eigenvalue weighted by Crippen LogP contribution is -2.38. The van der Waals surface area contributed by atoms with Gasteiger partial charge in [-0.15, -0.1) is 0 Å². The van der Waals surface area contributed by atoms with E-state index in [1.807, 2.05) is 20.8 Å². The van der Waals surface area contributed by atoms with E-state index in [0.29, 0.717) is 6.54 Å². The van der Waals surface area contributed by atoms with Gasteiger partial charge in [0.05, 0.1) is 6.04 Å². The molecule has 4 N–H and O–H groups in total. The standard InChI is InChI=1S/C10H22N2O.H2S/c1-10(2,3)9(13)8(12)6-4-5-7-11;/h8H,4-7,11-12H2,1-3H3;1H2/t8-;/m0./s1. The first-order valence-electron chi connectivity index (χ1n) is 4.89. The summed E-state index contributed by atoms with van der Waals surface area (Å²) >= 11 is 0. The molecule has 0 bridgehead atoms. The van der Waals surface area contributed by atoms with Gasteiger partial charge in [0.25, 0.3) is 0 Å². The zero-order valence-electron chi connectivity index (χ0n) is 9.47. The van der Waals surface area contributed by atoms with E-state index in [2.05, 4.69) is 0 Å². The van der Waals surface area contributed by atoms with E-state index >= 15 is 0 Å². The summed E-state index contributed by atoms with van der Waals surface area (Å²) in [4.78, 5) is 11.6. The molecule has 0 aliphatic heterocycles. The van der Waals surface area contributed by atoms with E-state index < -0.39 is 0 Å². The molecule has 0 amide bonds. The van der Waals surface area contributed by atoms with E-state index in [1.165, 1.54) is 0 Å². The van der Waals surface area contributed by atoms with E-state index in [4.69, 9.17) is 11.5 Å². The van der Waals surface area contributed by atoms with Gasteiger partial charge in [-0.2, -0.15) is 13.5 Å². The predicted molar refractivity (Wildman–Crippen MR) is 65.7 cm³/mol. The lowest BCUT2D eigenvalue weighted by atomic mass is 9.85. The molecule has 0 aromatic heterocycles. The molecule has 0 heterocycles. The van der Waals surface area contributed by atoms with Gasteiger partial charge in [-0.25, -0.2) is 0 Å². The summed E-state index contributed by atoms with van der Waals surface area (Å²) in [5.41, 5.74) is 10.8. The number of hydrogen-bond acceptors (Lipinski definition) is 3. The third-order valence-electron chi connectivity index (χ3n) is 2.05. The molecule has 4 heteroatoms. The van der Waals surface area contributed by atoms with Crippen LogP contribution < -0.4 is 11.5 Å². The maximum absolute atomic E-state index is 11.6. The summed E-state index contributed by atoms with van der Waals surface area (Å²) in [7, 11) is 0. The normalized spacial score (nSPS) is 13.2. The Kier molecular flexibility index (Phi) is 8.49. The van der Waals surface area contributed by atoms with Crippen molar-refractivity contribution in [3.63, 3.8) is 0 Å². The fourth-order valence-electron chi connectivity index (χ4n) is 1.20. The molecule has 0 rings (SSSR count). The van der Waals surface area contributed by atoms with Crippen molar-refractivity contribution in [1.82, 2.24) is 0 Å². The van der Waals surface area contributed by atoms with E-state index in [-0.39, 0.29) is 30.7 Å². The quantitative estimate of drug-likeness (QED) is 0.683. The summed E-state index contributed by atoms with van der Waals surface area (Å²) in [6.07, 6.45) is 2.65. The van der Waals surface area contributed by atoms with Gasteiger partial charge < -0.3 is 11.5 Å². The molecule has 0 aliphatic carbocycles. The monoisotopic (exact) mass is 220 g/mol. The first-order chi connectivity index (χ1) is 5.89. The van der Waals surface area contributed by atoms with Gasteiger partial charge in [-0.3, -0.25) is 4.79 Å². The maximum Gasteiger partial charge on any atom is 0.154 e. The molecule has 0 aromatic carbocycles. The number of ketones is 1. The van der Waals surface area contributed by atoms with Crippen LogP contribution in [0, 0.1) is 5.41 Å². The highest BCUT2D eigenvalue weighted by Gasteiger charge is 2.26. The van der Waals surface area contributed by atoms with Gasteiger partial charge in [0, 0.05) is 5.41 Å². The molecule has 0 saturated carbocycles. The van der Waals surface area contributed by atoms with Gasteiger partial charge >= 0.3 is 0 Å². The second-order valence-corrected chi connectivity index (χ2v) is 4.51. The number of rotatable bonds is 5. The minimum Gasteiger partial charge on any atom is -0.330 e. The van der Waals surface area contributed by atoms with Crippen molar-refractivity contribution < 1.29 is 4.79 Å². The van der Waals surface area contributed by atoms with Crippen LogP contribution in [0.15, 0.2) is 0 Å². The summed E-state index contributed by atoms with van der Waals surface area (Å²) < 4.78 is 0. The highest BCUT2D eigenvalue weighted by atomic mass is 32.1. The van der Waals surface area contributed by atoms with Crippen LogP contribution in [-0.2, 0) is 4.79 Å². The molecule has 0 spiro atoms. The highest BCUT2D eigenvalue weighted by Crippen LogP contribution is 2.17. The Hall–Kier alpha value is -0.0600. The molecular formula is C10H24N2OS. The van der Waals surface area contributed by atoms with Crippen LogP contribution in [0.4, 0.5) is 0 Å². The second kappa shape index (κ2) is 7.26. The zero-order valence-corrected chi connectivity index (χ0v) is 10.5. The summed E-state index contributed by atoms with van der Waals surface area (Å²) in [5.74, 6) is 0.143. The van der Waals surface area contributed by atoms with Crippen LogP contribution in [-0.4, -0.2) is 18.4 Å². The van der Waals surface area contributed by atoms with Crippen molar-refractivity contribution in [2.75, 3.05) is 6.54 Å². The van der Waals surface area contributed by atoms with Crippen molar-refractivity contribution in [1.29, 1.82) is 0 Å². The van der Waals surface area contributed by atoms with Crippen molar-refractivity contribution in [3.8, 4) is 0 Å². The van der Waals surface area contributed by atoms with Crippen LogP contribution >= 0.6 is 13.5 Å². The Morgan fingerprint density at radius 2 is 1.79 bits per heavy atom. The SMILES string of the molecule is CC(C)(C)C(=O)[C@@H](N)CCCCN.S. The first-order valence-corrected chi connectivity index (χ1v) is 4.89. The molecule has 0 aromatic rings. The molecule has 0 saturated heterocycles. The van der Waals surface area contributed by atoms with Gasteiger partial charge in [-0.1, -0.05) is 27.2 Å². The lowest BCUT2D eigenvalue weighted by Gasteiger charge is -2.21. The van der Waals surface area contributed by atoms with Crippen molar-refractivity contribution in [2.45, 2.75) is 46.1 Å². The maximum atomic E-state index is 11.6. The molecule has 14 heavy (non-hydrogen) atoms. The Bertz CT molecular complexity index is 166. The lowest BCUT2D eigenvalue weighted by molar-refractivity contribution is -0.127.